The minimum absolute atomic E-state index is 0.0577. The second-order valence-electron chi connectivity index (χ2n) is 4.05. The SMILES string of the molecule is CCS(=O)(=O)Cc1cc2c(CN)cccc2[nH]1. The van der Waals surface area contributed by atoms with Crippen LogP contribution in [0, 0.1) is 0 Å². The van der Waals surface area contributed by atoms with Crippen LogP contribution in [-0.2, 0) is 22.1 Å². The van der Waals surface area contributed by atoms with Crippen LogP contribution in [0.4, 0.5) is 0 Å². The van der Waals surface area contributed by atoms with Crippen molar-refractivity contribution in [3.8, 4) is 0 Å². The van der Waals surface area contributed by atoms with Crippen molar-refractivity contribution in [3.63, 3.8) is 0 Å². The van der Waals surface area contributed by atoms with Crippen molar-refractivity contribution < 1.29 is 8.42 Å². The molecule has 2 rings (SSSR count). The van der Waals surface area contributed by atoms with Gasteiger partial charge in [0.25, 0.3) is 0 Å². The van der Waals surface area contributed by atoms with Gasteiger partial charge < -0.3 is 10.7 Å². The van der Waals surface area contributed by atoms with Crippen molar-refractivity contribution in [2.45, 2.75) is 19.2 Å². The second kappa shape index (κ2) is 4.50. The number of sulfone groups is 1. The van der Waals surface area contributed by atoms with E-state index in [0.717, 1.165) is 22.2 Å². The van der Waals surface area contributed by atoms with Gasteiger partial charge in [0.05, 0.1) is 5.75 Å². The zero-order valence-electron chi connectivity index (χ0n) is 9.73. The molecule has 0 saturated heterocycles. The number of benzene rings is 1. The van der Waals surface area contributed by atoms with Crippen molar-refractivity contribution in [3.05, 3.63) is 35.5 Å². The third-order valence-electron chi connectivity index (χ3n) is 2.85. The van der Waals surface area contributed by atoms with Crippen LogP contribution in [0.3, 0.4) is 0 Å². The number of rotatable bonds is 4. The number of nitrogens with two attached hydrogens (primary N) is 1. The standard InChI is InChI=1S/C12H16N2O2S/c1-2-17(15,16)8-10-6-11-9(7-13)4-3-5-12(11)14-10/h3-6,14H,2,7-8,13H2,1H3. The van der Waals surface area contributed by atoms with Crippen molar-refractivity contribution >= 4 is 20.7 Å². The van der Waals surface area contributed by atoms with E-state index in [1.54, 1.807) is 6.92 Å². The lowest BCUT2D eigenvalue weighted by molar-refractivity contribution is 0.596. The van der Waals surface area contributed by atoms with E-state index in [4.69, 9.17) is 5.73 Å². The van der Waals surface area contributed by atoms with E-state index >= 15 is 0 Å². The number of hydrogen-bond donors (Lipinski definition) is 2. The number of aromatic amines is 1. The largest absolute Gasteiger partial charge is 0.358 e. The van der Waals surface area contributed by atoms with E-state index in [0.29, 0.717) is 6.54 Å². The van der Waals surface area contributed by atoms with E-state index in [1.807, 2.05) is 24.3 Å². The first kappa shape index (κ1) is 12.1. The van der Waals surface area contributed by atoms with E-state index < -0.39 is 9.84 Å². The van der Waals surface area contributed by atoms with Gasteiger partial charge in [-0.3, -0.25) is 0 Å². The predicted molar refractivity (Wildman–Crippen MR) is 69.4 cm³/mol. The first-order chi connectivity index (χ1) is 8.05. The number of hydrogen-bond acceptors (Lipinski definition) is 3. The first-order valence-electron chi connectivity index (χ1n) is 5.55. The van der Waals surface area contributed by atoms with E-state index in [9.17, 15) is 8.42 Å². The van der Waals surface area contributed by atoms with Gasteiger partial charge in [0, 0.05) is 28.9 Å². The lowest BCUT2D eigenvalue weighted by Gasteiger charge is -1.97. The topological polar surface area (TPSA) is 75.9 Å². The fourth-order valence-electron chi connectivity index (χ4n) is 1.87. The normalized spacial score (nSPS) is 12.1. The quantitative estimate of drug-likeness (QED) is 0.867. The summed E-state index contributed by atoms with van der Waals surface area (Å²) >= 11 is 0. The van der Waals surface area contributed by atoms with Gasteiger partial charge in [-0.15, -0.1) is 0 Å². The van der Waals surface area contributed by atoms with Crippen LogP contribution in [0.1, 0.15) is 18.2 Å². The van der Waals surface area contributed by atoms with Gasteiger partial charge in [0.15, 0.2) is 9.84 Å². The summed E-state index contributed by atoms with van der Waals surface area (Å²) in [5.41, 5.74) is 8.34. The molecule has 17 heavy (non-hydrogen) atoms. The van der Waals surface area contributed by atoms with Crippen LogP contribution >= 0.6 is 0 Å². The maximum atomic E-state index is 11.6. The van der Waals surface area contributed by atoms with Crippen molar-refractivity contribution in [1.29, 1.82) is 0 Å². The minimum Gasteiger partial charge on any atom is -0.358 e. The molecular formula is C12H16N2O2S. The Morgan fingerprint density at radius 2 is 2.12 bits per heavy atom. The van der Waals surface area contributed by atoms with E-state index in [-0.39, 0.29) is 11.5 Å². The molecule has 1 aromatic heterocycles. The molecule has 0 aliphatic heterocycles. The second-order valence-corrected chi connectivity index (χ2v) is 6.41. The zero-order chi connectivity index (χ0) is 12.5. The first-order valence-corrected chi connectivity index (χ1v) is 7.38. The highest BCUT2D eigenvalue weighted by atomic mass is 32.2. The molecule has 0 bridgehead atoms. The summed E-state index contributed by atoms with van der Waals surface area (Å²) in [5.74, 6) is 0.217. The van der Waals surface area contributed by atoms with Crippen LogP contribution in [0.25, 0.3) is 10.9 Å². The van der Waals surface area contributed by atoms with E-state index in [1.165, 1.54) is 0 Å². The summed E-state index contributed by atoms with van der Waals surface area (Å²) in [4.78, 5) is 3.13. The molecule has 0 radical (unpaired) electrons. The minimum atomic E-state index is -3.00. The van der Waals surface area contributed by atoms with Crippen molar-refractivity contribution in [2.24, 2.45) is 5.73 Å². The molecule has 0 aliphatic rings. The van der Waals surface area contributed by atoms with Gasteiger partial charge in [-0.1, -0.05) is 19.1 Å². The van der Waals surface area contributed by atoms with Crippen molar-refractivity contribution in [1.82, 2.24) is 4.98 Å². The van der Waals surface area contributed by atoms with Crippen LogP contribution in [0.15, 0.2) is 24.3 Å². The Bertz CT molecular complexity index is 629. The van der Waals surface area contributed by atoms with Crippen LogP contribution in [0.2, 0.25) is 0 Å². The maximum absolute atomic E-state index is 11.6. The van der Waals surface area contributed by atoms with Gasteiger partial charge in [-0.2, -0.15) is 0 Å². The molecule has 0 aliphatic carbocycles. The summed E-state index contributed by atoms with van der Waals surface area (Å²) in [7, 11) is -3.00. The summed E-state index contributed by atoms with van der Waals surface area (Å²) < 4.78 is 23.1. The molecule has 5 heteroatoms. The molecule has 0 unspecified atom stereocenters. The smallest absolute Gasteiger partial charge is 0.155 e. The molecule has 92 valence electrons. The average molecular weight is 252 g/mol. The summed E-state index contributed by atoms with van der Waals surface area (Å²) in [5, 5.41) is 1.01. The van der Waals surface area contributed by atoms with E-state index in [2.05, 4.69) is 4.98 Å². The average Bonchev–Trinajstić information content (AvgIpc) is 2.70. The molecule has 2 aromatic rings. The Hall–Kier alpha value is -1.33. The Morgan fingerprint density at radius 3 is 2.76 bits per heavy atom. The van der Waals surface area contributed by atoms with Gasteiger partial charge in [-0.05, 0) is 17.7 Å². The van der Waals surface area contributed by atoms with Crippen molar-refractivity contribution in [2.75, 3.05) is 5.75 Å². The maximum Gasteiger partial charge on any atom is 0.155 e. The number of aromatic nitrogens is 1. The number of H-pyrrole nitrogens is 1. The summed E-state index contributed by atoms with van der Waals surface area (Å²) in [6, 6.07) is 7.68. The highest BCUT2D eigenvalue weighted by Crippen LogP contribution is 2.20. The molecule has 0 amide bonds. The molecule has 1 heterocycles. The fourth-order valence-corrected chi connectivity index (χ4v) is 2.70. The Morgan fingerprint density at radius 1 is 1.35 bits per heavy atom. The Labute approximate surface area is 101 Å². The molecule has 0 atom stereocenters. The molecule has 3 N–H and O–H groups in total. The molecule has 0 saturated carbocycles. The lowest BCUT2D eigenvalue weighted by Crippen LogP contribution is -2.06. The molecule has 0 fully saturated rings. The van der Waals surface area contributed by atoms with Gasteiger partial charge in [0.1, 0.15) is 0 Å². The van der Waals surface area contributed by atoms with Crippen LogP contribution in [0.5, 0.6) is 0 Å². The monoisotopic (exact) mass is 252 g/mol. The third kappa shape index (κ3) is 2.50. The highest BCUT2D eigenvalue weighted by molar-refractivity contribution is 7.90. The highest BCUT2D eigenvalue weighted by Gasteiger charge is 2.12. The molecule has 0 spiro atoms. The van der Waals surface area contributed by atoms with Gasteiger partial charge in [-0.25, -0.2) is 8.42 Å². The zero-order valence-corrected chi connectivity index (χ0v) is 10.5. The van der Waals surface area contributed by atoms with Crippen LogP contribution in [-0.4, -0.2) is 19.2 Å². The predicted octanol–water partition coefficient (Wildman–Crippen LogP) is 1.56. The molecular weight excluding hydrogens is 236 g/mol. The summed E-state index contributed by atoms with van der Waals surface area (Å²) in [6.45, 7) is 2.11. The number of fused-ring (bicyclic) bond motifs is 1. The Balaban J connectivity index is 2.45. The summed E-state index contributed by atoms with van der Waals surface area (Å²) in [6.07, 6.45) is 0. The van der Waals surface area contributed by atoms with Crippen LogP contribution < -0.4 is 5.73 Å². The van der Waals surface area contributed by atoms with Gasteiger partial charge >= 0.3 is 0 Å². The fraction of sp³-hybridized carbons (Fsp3) is 0.333. The Kier molecular flexibility index (Phi) is 3.22. The third-order valence-corrected chi connectivity index (χ3v) is 4.48. The lowest BCUT2D eigenvalue weighted by atomic mass is 10.1. The number of nitrogens with one attached hydrogen (secondary N) is 1. The van der Waals surface area contributed by atoms with Gasteiger partial charge in [0.2, 0.25) is 0 Å². The molecule has 1 aromatic carbocycles. The molecule has 4 nitrogen and oxygen atoms in total.